The van der Waals surface area contributed by atoms with Crippen molar-refractivity contribution in [2.45, 2.75) is 18.1 Å². The van der Waals surface area contributed by atoms with Crippen molar-refractivity contribution in [3.05, 3.63) is 126 Å². The zero-order valence-corrected chi connectivity index (χ0v) is 21.1. The van der Waals surface area contributed by atoms with Gasteiger partial charge in [-0.2, -0.15) is 8.42 Å². The van der Waals surface area contributed by atoms with Crippen LogP contribution in [0.3, 0.4) is 0 Å². The Kier molecular flexibility index (Phi) is 8.25. The van der Waals surface area contributed by atoms with Crippen LogP contribution in [0.1, 0.15) is 21.9 Å². The second-order valence-electron chi connectivity index (χ2n) is 8.76. The molecule has 4 aromatic rings. The Balaban J connectivity index is 1.35. The summed E-state index contributed by atoms with van der Waals surface area (Å²) in [6.07, 6.45) is -0.296. The zero-order valence-electron chi connectivity index (χ0n) is 20.3. The van der Waals surface area contributed by atoms with Gasteiger partial charge in [0.1, 0.15) is 0 Å². The predicted molar refractivity (Wildman–Crippen MR) is 145 cm³/mol. The van der Waals surface area contributed by atoms with E-state index in [-0.39, 0.29) is 18.4 Å². The van der Waals surface area contributed by atoms with Gasteiger partial charge in [0.25, 0.3) is 16.0 Å². The molecule has 38 heavy (non-hydrogen) atoms. The van der Waals surface area contributed by atoms with Gasteiger partial charge in [-0.3, -0.25) is 18.9 Å². The molecule has 0 spiro atoms. The number of carbonyl (C=O) groups excluding carboxylic acids is 3. The van der Waals surface area contributed by atoms with E-state index >= 15 is 0 Å². The van der Waals surface area contributed by atoms with Crippen molar-refractivity contribution >= 4 is 33.3 Å². The molecule has 7 nitrogen and oxygen atoms in total. The van der Waals surface area contributed by atoms with Crippen molar-refractivity contribution in [2.75, 3.05) is 5.32 Å². The average molecular weight is 528 g/mol. The number of ketones is 2. The number of Topliss-reactive ketones (excluding diaryl/α,β-unsaturated/α-hetero) is 2. The van der Waals surface area contributed by atoms with Crippen molar-refractivity contribution in [2.24, 2.45) is 0 Å². The number of benzene rings is 4. The van der Waals surface area contributed by atoms with Gasteiger partial charge in [0.2, 0.25) is 5.78 Å². The van der Waals surface area contributed by atoms with Gasteiger partial charge in [0, 0.05) is 18.5 Å². The monoisotopic (exact) mass is 527 g/mol. The van der Waals surface area contributed by atoms with Crippen molar-refractivity contribution < 1.29 is 27.4 Å². The van der Waals surface area contributed by atoms with E-state index in [9.17, 15) is 27.4 Å². The Bertz CT molecular complexity index is 1530. The third-order valence-corrected chi connectivity index (χ3v) is 7.09. The molecule has 0 radical (unpaired) electrons. The van der Waals surface area contributed by atoms with E-state index in [4.69, 9.17) is 0 Å². The van der Waals surface area contributed by atoms with Gasteiger partial charge in [-0.1, -0.05) is 97.1 Å². The Morgan fingerprint density at radius 3 is 1.74 bits per heavy atom. The molecule has 0 heterocycles. The maximum atomic E-state index is 12.7. The number of anilines is 1. The molecule has 1 atom stereocenters. The van der Waals surface area contributed by atoms with Gasteiger partial charge in [0.05, 0.1) is 0 Å². The van der Waals surface area contributed by atoms with Crippen LogP contribution in [0.25, 0.3) is 11.1 Å². The van der Waals surface area contributed by atoms with Gasteiger partial charge >= 0.3 is 0 Å². The lowest BCUT2D eigenvalue weighted by atomic mass is 10.0. The molecule has 8 heteroatoms. The van der Waals surface area contributed by atoms with Gasteiger partial charge in [-0.05, 0) is 39.9 Å². The van der Waals surface area contributed by atoms with E-state index in [1.807, 2.05) is 54.6 Å². The average Bonchev–Trinajstić information content (AvgIpc) is 2.90. The minimum absolute atomic E-state index is 0.0516. The highest BCUT2D eigenvalue weighted by molar-refractivity contribution is 7.86. The van der Waals surface area contributed by atoms with Crippen LogP contribution in [-0.2, 0) is 37.3 Å². The molecular formula is C30H25NO6S. The van der Waals surface area contributed by atoms with E-state index < -0.39 is 32.8 Å². The first kappa shape index (κ1) is 26.7. The van der Waals surface area contributed by atoms with Crippen LogP contribution in [0.4, 0.5) is 5.69 Å². The van der Waals surface area contributed by atoms with Crippen LogP contribution in [0.2, 0.25) is 0 Å². The van der Waals surface area contributed by atoms with Gasteiger partial charge in [-0.25, -0.2) is 0 Å². The standard InChI is InChI=1S/C30H25NO6S/c32-27(29(38(35,36)37)25-9-5-2-6-10-25)19-22-13-17-26(18-14-22)31-30(34)28(33)20-21-11-15-24(16-12-21)23-7-3-1-4-8-23/h1-18,29H,19-20H2,(H,31,34)(H,35,36,37). The molecule has 0 saturated heterocycles. The fourth-order valence-electron chi connectivity index (χ4n) is 4.06. The highest BCUT2D eigenvalue weighted by Crippen LogP contribution is 2.25. The lowest BCUT2D eigenvalue weighted by Crippen LogP contribution is -2.24. The summed E-state index contributed by atoms with van der Waals surface area (Å²) in [5.41, 5.74) is 3.80. The molecule has 1 amide bonds. The highest BCUT2D eigenvalue weighted by Gasteiger charge is 2.32. The summed E-state index contributed by atoms with van der Waals surface area (Å²) in [5.74, 6) is -2.06. The first-order valence-corrected chi connectivity index (χ1v) is 13.3. The summed E-state index contributed by atoms with van der Waals surface area (Å²) in [4.78, 5) is 37.6. The van der Waals surface area contributed by atoms with Crippen molar-refractivity contribution in [3.63, 3.8) is 0 Å². The van der Waals surface area contributed by atoms with Gasteiger partial charge in [0.15, 0.2) is 11.0 Å². The maximum Gasteiger partial charge on any atom is 0.292 e. The van der Waals surface area contributed by atoms with Crippen LogP contribution in [0, 0.1) is 0 Å². The van der Waals surface area contributed by atoms with Crippen molar-refractivity contribution in [1.82, 2.24) is 0 Å². The second-order valence-corrected chi connectivity index (χ2v) is 10.3. The lowest BCUT2D eigenvalue weighted by Gasteiger charge is -2.13. The van der Waals surface area contributed by atoms with Gasteiger partial charge < -0.3 is 5.32 Å². The van der Waals surface area contributed by atoms with Crippen LogP contribution in [0.5, 0.6) is 0 Å². The van der Waals surface area contributed by atoms with Crippen molar-refractivity contribution in [3.8, 4) is 11.1 Å². The van der Waals surface area contributed by atoms with Crippen molar-refractivity contribution in [1.29, 1.82) is 0 Å². The smallest absolute Gasteiger partial charge is 0.292 e. The molecule has 4 aromatic carbocycles. The lowest BCUT2D eigenvalue weighted by molar-refractivity contribution is -0.134. The summed E-state index contributed by atoms with van der Waals surface area (Å²) in [5, 5.41) is 0.851. The van der Waals surface area contributed by atoms with Crippen LogP contribution >= 0.6 is 0 Å². The quantitative estimate of drug-likeness (QED) is 0.225. The van der Waals surface area contributed by atoms with E-state index in [2.05, 4.69) is 5.32 Å². The van der Waals surface area contributed by atoms with E-state index in [1.54, 1.807) is 30.3 Å². The van der Waals surface area contributed by atoms with E-state index in [0.29, 0.717) is 16.8 Å². The predicted octanol–water partition coefficient (Wildman–Crippen LogP) is 4.84. The van der Waals surface area contributed by atoms with Crippen LogP contribution in [0.15, 0.2) is 109 Å². The van der Waals surface area contributed by atoms with Crippen LogP contribution < -0.4 is 5.32 Å². The third-order valence-electron chi connectivity index (χ3n) is 5.96. The summed E-state index contributed by atoms with van der Waals surface area (Å²) in [6.45, 7) is 0. The van der Waals surface area contributed by atoms with Gasteiger partial charge in [-0.15, -0.1) is 0 Å². The summed E-state index contributed by atoms with van der Waals surface area (Å²) in [7, 11) is -4.66. The molecule has 0 bridgehead atoms. The second kappa shape index (κ2) is 11.8. The number of nitrogens with one attached hydrogen (secondary N) is 1. The molecule has 1 unspecified atom stereocenters. The molecule has 0 aromatic heterocycles. The molecule has 0 saturated carbocycles. The fourth-order valence-corrected chi connectivity index (χ4v) is 4.98. The summed E-state index contributed by atoms with van der Waals surface area (Å²) in [6, 6.07) is 31.2. The highest BCUT2D eigenvalue weighted by atomic mass is 32.2. The molecule has 4 rings (SSSR count). The topological polar surface area (TPSA) is 118 Å². The van der Waals surface area contributed by atoms with E-state index in [0.717, 1.165) is 11.1 Å². The minimum atomic E-state index is -4.66. The summed E-state index contributed by atoms with van der Waals surface area (Å²) >= 11 is 0. The Labute approximate surface area is 220 Å². The SMILES string of the molecule is O=C(Cc1ccc(-c2ccccc2)cc1)C(=O)Nc1ccc(CC(=O)C(c2ccccc2)S(=O)(=O)O)cc1. The molecule has 192 valence electrons. The number of rotatable bonds is 10. The Morgan fingerprint density at radius 1 is 0.658 bits per heavy atom. The fraction of sp³-hybridized carbons (Fsp3) is 0.100. The first-order chi connectivity index (χ1) is 18.2. The van der Waals surface area contributed by atoms with Crippen LogP contribution in [-0.4, -0.2) is 30.4 Å². The molecule has 0 aliphatic heterocycles. The molecule has 0 fully saturated rings. The largest absolute Gasteiger partial charge is 0.319 e. The number of hydrogen-bond donors (Lipinski definition) is 2. The molecule has 2 N–H and O–H groups in total. The first-order valence-electron chi connectivity index (χ1n) is 11.8. The number of carbonyl (C=O) groups is 3. The number of amides is 1. The normalized spacial score (nSPS) is 11.9. The molecular weight excluding hydrogens is 502 g/mol. The summed E-state index contributed by atoms with van der Waals surface area (Å²) < 4.78 is 33.4. The molecule has 0 aliphatic rings. The Morgan fingerprint density at radius 2 is 1.16 bits per heavy atom. The zero-order chi connectivity index (χ0) is 27.1. The molecule has 0 aliphatic carbocycles. The number of hydrogen-bond acceptors (Lipinski definition) is 5. The minimum Gasteiger partial charge on any atom is -0.319 e. The maximum absolute atomic E-state index is 12.7. The van der Waals surface area contributed by atoms with E-state index in [1.165, 1.54) is 24.3 Å². The Hall–Kier alpha value is -4.40. The third kappa shape index (κ3) is 6.88.